The Kier molecular flexibility index (Phi) is 5.73. The molecule has 0 amide bonds. The summed E-state index contributed by atoms with van der Waals surface area (Å²) in [4.78, 5) is -0.389. The zero-order valence-corrected chi connectivity index (χ0v) is 15.7. The Morgan fingerprint density at radius 2 is 1.54 bits per heavy atom. The van der Waals surface area contributed by atoms with Crippen molar-refractivity contribution in [3.63, 3.8) is 0 Å². The lowest BCUT2D eigenvalue weighted by atomic mass is 9.99. The number of thioether (sulfide) groups is 1. The maximum Gasteiger partial charge on any atom is 0.460 e. The van der Waals surface area contributed by atoms with Crippen LogP contribution in [0.4, 0.5) is 30.7 Å². The molecule has 0 nitrogen and oxygen atoms in total. The summed E-state index contributed by atoms with van der Waals surface area (Å²) in [6, 6.07) is 10.4. The summed E-state index contributed by atoms with van der Waals surface area (Å²) in [7, 11) is 0. The van der Waals surface area contributed by atoms with Gasteiger partial charge in [-0.15, -0.1) is 0 Å². The second kappa shape index (κ2) is 7.07. The lowest BCUT2D eigenvalue weighted by Gasteiger charge is -2.28. The van der Waals surface area contributed by atoms with Crippen LogP contribution in [0.1, 0.15) is 11.1 Å². The summed E-state index contributed by atoms with van der Waals surface area (Å²) in [5.74, 6) is -6.18. The minimum atomic E-state index is -6.37. The fourth-order valence-electron chi connectivity index (χ4n) is 2.29. The van der Waals surface area contributed by atoms with Gasteiger partial charge in [0.15, 0.2) is 0 Å². The van der Waals surface area contributed by atoms with Gasteiger partial charge in [-0.1, -0.05) is 34.1 Å². The lowest BCUT2D eigenvalue weighted by Crippen LogP contribution is -2.49. The Hall–Kier alpha value is -1.22. The van der Waals surface area contributed by atoms with Crippen molar-refractivity contribution in [1.29, 1.82) is 0 Å². The molecule has 0 bridgehead atoms. The number of benzene rings is 2. The molecule has 2 aromatic rings. The molecular weight excluding hydrogens is 449 g/mol. The first-order valence-corrected chi connectivity index (χ1v) is 8.68. The molecule has 0 atom stereocenters. The van der Waals surface area contributed by atoms with Crippen LogP contribution in [0.2, 0.25) is 0 Å². The van der Waals surface area contributed by atoms with Gasteiger partial charge < -0.3 is 0 Å². The number of aryl methyl sites for hydroxylation is 2. The van der Waals surface area contributed by atoms with Crippen LogP contribution >= 0.6 is 27.7 Å². The quantitative estimate of drug-likeness (QED) is 0.338. The van der Waals surface area contributed by atoms with E-state index in [4.69, 9.17) is 0 Å². The van der Waals surface area contributed by atoms with E-state index in [-0.39, 0.29) is 10.5 Å². The SMILES string of the molecule is Cc1[c]c(C)c(-c2ccccc2Br)c(SC(F)(F)C(F)(F)C(F)(F)F)c1. The predicted octanol–water partition coefficient (Wildman–Crippen LogP) is 7.42. The molecule has 0 aromatic heterocycles. The van der Waals surface area contributed by atoms with Gasteiger partial charge in [-0.2, -0.15) is 30.7 Å². The normalized spacial score (nSPS) is 13.2. The van der Waals surface area contributed by atoms with E-state index in [1.807, 2.05) is 0 Å². The monoisotopic (exact) mass is 459 g/mol. The first kappa shape index (κ1) is 21.1. The van der Waals surface area contributed by atoms with Crippen molar-refractivity contribution in [2.24, 2.45) is 0 Å². The van der Waals surface area contributed by atoms with Gasteiger partial charge in [-0.25, -0.2) is 0 Å². The molecule has 9 heteroatoms. The van der Waals surface area contributed by atoms with E-state index in [0.717, 1.165) is 6.07 Å². The maximum absolute atomic E-state index is 13.9. The first-order valence-electron chi connectivity index (χ1n) is 7.07. The number of rotatable bonds is 4. The molecule has 0 heterocycles. The Morgan fingerprint density at radius 1 is 0.962 bits per heavy atom. The highest BCUT2D eigenvalue weighted by molar-refractivity contribution is 9.10. The highest BCUT2D eigenvalue weighted by Gasteiger charge is 2.73. The van der Waals surface area contributed by atoms with Crippen LogP contribution in [0, 0.1) is 19.9 Å². The first-order chi connectivity index (χ1) is 11.8. The van der Waals surface area contributed by atoms with E-state index in [9.17, 15) is 30.7 Å². The molecule has 0 fully saturated rings. The summed E-state index contributed by atoms with van der Waals surface area (Å²) in [6.45, 7) is 3.01. The van der Waals surface area contributed by atoms with E-state index in [2.05, 4.69) is 22.0 Å². The van der Waals surface area contributed by atoms with Crippen LogP contribution < -0.4 is 0 Å². The van der Waals surface area contributed by atoms with Gasteiger partial charge in [0.2, 0.25) is 0 Å². The van der Waals surface area contributed by atoms with Crippen LogP contribution in [-0.2, 0) is 0 Å². The molecule has 2 aromatic carbocycles. The van der Waals surface area contributed by atoms with E-state index >= 15 is 0 Å². The van der Waals surface area contributed by atoms with Gasteiger partial charge in [-0.05, 0) is 60.5 Å². The summed E-state index contributed by atoms with van der Waals surface area (Å²) in [5.41, 5.74) is 1.19. The Morgan fingerprint density at radius 3 is 2.08 bits per heavy atom. The molecule has 0 aliphatic carbocycles. The fourth-order valence-corrected chi connectivity index (χ4v) is 3.90. The molecule has 26 heavy (non-hydrogen) atoms. The average molecular weight is 460 g/mol. The standard InChI is InChI=1S/C17H11BrF7S/c1-9-7-10(2)14(11-5-3-4-6-12(11)18)13(8-9)26-17(24,25)15(19,20)16(21,22)23/h3-6,8H,1-2H3. The molecule has 1 radical (unpaired) electrons. The molecular formula is C17H11BrF7S. The fraction of sp³-hybridized carbons (Fsp3) is 0.294. The highest BCUT2D eigenvalue weighted by atomic mass is 79.9. The number of alkyl halides is 7. The van der Waals surface area contributed by atoms with Crippen molar-refractivity contribution in [2.75, 3.05) is 0 Å². The molecule has 0 saturated heterocycles. The van der Waals surface area contributed by atoms with Crippen molar-refractivity contribution < 1.29 is 30.7 Å². The second-order valence-electron chi connectivity index (χ2n) is 5.49. The van der Waals surface area contributed by atoms with Gasteiger partial charge >= 0.3 is 17.4 Å². The third-order valence-electron chi connectivity index (χ3n) is 3.46. The zero-order valence-electron chi connectivity index (χ0n) is 13.3. The van der Waals surface area contributed by atoms with Crippen molar-refractivity contribution in [1.82, 2.24) is 0 Å². The van der Waals surface area contributed by atoms with Crippen LogP contribution in [0.15, 0.2) is 39.7 Å². The highest BCUT2D eigenvalue weighted by Crippen LogP contribution is 2.55. The van der Waals surface area contributed by atoms with Gasteiger partial charge in [0, 0.05) is 14.9 Å². The third kappa shape index (κ3) is 3.88. The minimum absolute atomic E-state index is 0.116. The van der Waals surface area contributed by atoms with Crippen molar-refractivity contribution in [2.45, 2.75) is 36.1 Å². The summed E-state index contributed by atoms with van der Waals surface area (Å²) < 4.78 is 92.2. The van der Waals surface area contributed by atoms with Crippen molar-refractivity contribution in [3.05, 3.63) is 52.0 Å². The van der Waals surface area contributed by atoms with Gasteiger partial charge in [0.1, 0.15) is 0 Å². The van der Waals surface area contributed by atoms with Gasteiger partial charge in [0.05, 0.1) is 0 Å². The van der Waals surface area contributed by atoms with Crippen molar-refractivity contribution >= 4 is 27.7 Å². The van der Waals surface area contributed by atoms with Crippen LogP contribution in [0.5, 0.6) is 0 Å². The van der Waals surface area contributed by atoms with Gasteiger partial charge in [-0.3, -0.25) is 0 Å². The lowest BCUT2D eigenvalue weighted by molar-refractivity contribution is -0.330. The van der Waals surface area contributed by atoms with Crippen LogP contribution in [0.25, 0.3) is 11.1 Å². The predicted molar refractivity (Wildman–Crippen MR) is 89.7 cm³/mol. The van der Waals surface area contributed by atoms with Crippen molar-refractivity contribution in [3.8, 4) is 11.1 Å². The molecule has 0 spiro atoms. The molecule has 2 rings (SSSR count). The largest absolute Gasteiger partial charge is 0.460 e. The molecule has 0 aliphatic rings. The zero-order chi connectivity index (χ0) is 19.9. The number of hydrogen-bond acceptors (Lipinski definition) is 1. The molecule has 141 valence electrons. The summed E-state index contributed by atoms with van der Waals surface area (Å²) in [6.07, 6.45) is -6.37. The van der Waals surface area contributed by atoms with Crippen LogP contribution in [-0.4, -0.2) is 17.4 Å². The Labute approximate surface area is 157 Å². The second-order valence-corrected chi connectivity index (χ2v) is 7.50. The smallest absolute Gasteiger partial charge is 0.188 e. The molecule has 0 saturated carbocycles. The maximum atomic E-state index is 13.9. The van der Waals surface area contributed by atoms with Gasteiger partial charge in [0.25, 0.3) is 0 Å². The topological polar surface area (TPSA) is 0 Å². The number of hydrogen-bond donors (Lipinski definition) is 0. The number of halogens is 8. The van der Waals surface area contributed by atoms with E-state index in [1.165, 1.54) is 13.8 Å². The third-order valence-corrected chi connectivity index (χ3v) is 5.20. The molecule has 0 aliphatic heterocycles. The molecule has 0 N–H and O–H groups in total. The van der Waals surface area contributed by atoms with E-state index < -0.39 is 29.1 Å². The Balaban J connectivity index is 2.63. The average Bonchev–Trinajstić information content (AvgIpc) is 2.46. The molecule has 0 unspecified atom stereocenters. The summed E-state index contributed by atoms with van der Waals surface area (Å²) in [5, 5.41) is -5.39. The summed E-state index contributed by atoms with van der Waals surface area (Å²) >= 11 is 2.43. The van der Waals surface area contributed by atoms with E-state index in [1.54, 1.807) is 24.3 Å². The minimum Gasteiger partial charge on any atom is -0.188 e. The van der Waals surface area contributed by atoms with Crippen LogP contribution in [0.3, 0.4) is 0 Å². The Bertz CT molecular complexity index is 815. The van der Waals surface area contributed by atoms with E-state index in [0.29, 0.717) is 21.2 Å².